The molecule has 0 aromatic heterocycles. The van der Waals surface area contributed by atoms with Crippen molar-refractivity contribution in [1.29, 1.82) is 0 Å². The van der Waals surface area contributed by atoms with Gasteiger partial charge in [0, 0.05) is 5.71 Å². The van der Waals surface area contributed by atoms with Gasteiger partial charge in [0.05, 0.1) is 0 Å². The Bertz CT molecular complexity index is 142. The third-order valence-electron chi connectivity index (χ3n) is 0.969. The van der Waals surface area contributed by atoms with Crippen LogP contribution in [-0.2, 0) is 0 Å². The molecule has 0 aliphatic rings. The fraction of sp³-hybridized carbons (Fsp3) is 0.667. The molecular formula is C6H13N3O. The lowest BCUT2D eigenvalue weighted by molar-refractivity contribution is 0.249. The van der Waals surface area contributed by atoms with Crippen LogP contribution in [0.15, 0.2) is 5.10 Å². The van der Waals surface area contributed by atoms with Gasteiger partial charge in [0.15, 0.2) is 0 Å². The number of carbonyl (C=O) groups is 1. The van der Waals surface area contributed by atoms with E-state index >= 15 is 0 Å². The van der Waals surface area contributed by atoms with Crippen LogP contribution in [-0.4, -0.2) is 11.7 Å². The van der Waals surface area contributed by atoms with Crippen LogP contribution in [0.4, 0.5) is 4.79 Å². The number of nitrogens with zero attached hydrogens (tertiary/aromatic N) is 1. The van der Waals surface area contributed by atoms with Crippen LogP contribution < -0.4 is 11.2 Å². The van der Waals surface area contributed by atoms with Gasteiger partial charge >= 0.3 is 6.03 Å². The molecule has 0 unspecified atom stereocenters. The second kappa shape index (κ2) is 4.78. The summed E-state index contributed by atoms with van der Waals surface area (Å²) in [5, 5.41) is 3.71. The van der Waals surface area contributed by atoms with Crippen molar-refractivity contribution in [3.05, 3.63) is 0 Å². The van der Waals surface area contributed by atoms with Crippen molar-refractivity contribution in [2.24, 2.45) is 10.8 Å². The number of hydrogen-bond acceptors (Lipinski definition) is 2. The lowest BCUT2D eigenvalue weighted by Crippen LogP contribution is -2.25. The zero-order valence-corrected chi connectivity index (χ0v) is 6.35. The molecule has 10 heavy (non-hydrogen) atoms. The summed E-state index contributed by atoms with van der Waals surface area (Å²) in [7, 11) is 0. The third kappa shape index (κ3) is 5.08. The van der Waals surface area contributed by atoms with Crippen molar-refractivity contribution in [3.63, 3.8) is 0 Å². The Hall–Kier alpha value is -1.06. The van der Waals surface area contributed by atoms with Crippen molar-refractivity contribution in [2.75, 3.05) is 0 Å². The number of carbonyl (C=O) groups excluding carboxylic acids is 1. The van der Waals surface area contributed by atoms with E-state index in [1.165, 1.54) is 0 Å². The quantitative estimate of drug-likeness (QED) is 0.446. The van der Waals surface area contributed by atoms with Gasteiger partial charge in [0.25, 0.3) is 0 Å². The molecule has 0 aromatic carbocycles. The van der Waals surface area contributed by atoms with Crippen molar-refractivity contribution >= 4 is 11.7 Å². The molecule has 0 bridgehead atoms. The molecule has 0 saturated carbocycles. The number of nitrogens with two attached hydrogens (primary N) is 1. The first kappa shape index (κ1) is 8.94. The lowest BCUT2D eigenvalue weighted by atomic mass is 10.2. The zero-order chi connectivity index (χ0) is 7.98. The van der Waals surface area contributed by atoms with E-state index in [1.807, 2.05) is 13.8 Å². The van der Waals surface area contributed by atoms with Crippen LogP contribution in [0.25, 0.3) is 0 Å². The molecule has 58 valence electrons. The minimum atomic E-state index is -0.615. The monoisotopic (exact) mass is 143 g/mol. The Labute approximate surface area is 60.5 Å². The van der Waals surface area contributed by atoms with E-state index < -0.39 is 6.03 Å². The number of amides is 2. The van der Waals surface area contributed by atoms with Crippen LogP contribution >= 0.6 is 0 Å². The Morgan fingerprint density at radius 3 is 2.70 bits per heavy atom. The smallest absolute Gasteiger partial charge is 0.332 e. The maximum absolute atomic E-state index is 10.1. The Kier molecular flexibility index (Phi) is 4.28. The number of hydrazone groups is 1. The third-order valence-corrected chi connectivity index (χ3v) is 0.969. The highest BCUT2D eigenvalue weighted by Crippen LogP contribution is 1.88. The van der Waals surface area contributed by atoms with E-state index in [0.717, 1.165) is 18.6 Å². The van der Waals surface area contributed by atoms with Crippen LogP contribution in [0.3, 0.4) is 0 Å². The van der Waals surface area contributed by atoms with Gasteiger partial charge in [-0.25, -0.2) is 10.2 Å². The summed E-state index contributed by atoms with van der Waals surface area (Å²) in [4.78, 5) is 10.1. The van der Waals surface area contributed by atoms with Gasteiger partial charge in [-0.1, -0.05) is 13.3 Å². The number of rotatable bonds is 3. The van der Waals surface area contributed by atoms with E-state index in [2.05, 4.69) is 10.5 Å². The zero-order valence-electron chi connectivity index (χ0n) is 6.35. The van der Waals surface area contributed by atoms with Gasteiger partial charge in [-0.05, 0) is 13.3 Å². The highest BCUT2D eigenvalue weighted by atomic mass is 16.2. The molecule has 0 saturated heterocycles. The maximum atomic E-state index is 10.1. The second-order valence-electron chi connectivity index (χ2n) is 2.07. The second-order valence-corrected chi connectivity index (χ2v) is 2.07. The summed E-state index contributed by atoms with van der Waals surface area (Å²) >= 11 is 0. The number of primary amides is 1. The van der Waals surface area contributed by atoms with E-state index in [1.54, 1.807) is 0 Å². The highest BCUT2D eigenvalue weighted by Gasteiger charge is 1.89. The summed E-state index contributed by atoms with van der Waals surface area (Å²) in [6.45, 7) is 3.89. The van der Waals surface area contributed by atoms with Gasteiger partial charge in [0.1, 0.15) is 0 Å². The molecule has 0 heterocycles. The molecular weight excluding hydrogens is 130 g/mol. The topological polar surface area (TPSA) is 67.5 Å². The van der Waals surface area contributed by atoms with E-state index in [0.29, 0.717) is 0 Å². The minimum Gasteiger partial charge on any atom is -0.350 e. The number of nitrogens with one attached hydrogen (secondary N) is 1. The van der Waals surface area contributed by atoms with Crippen LogP contribution in [0.2, 0.25) is 0 Å². The predicted octanol–water partition coefficient (Wildman–Crippen LogP) is 0.831. The molecule has 3 N–H and O–H groups in total. The van der Waals surface area contributed by atoms with Gasteiger partial charge in [-0.3, -0.25) is 0 Å². The molecule has 0 aromatic rings. The summed E-state index contributed by atoms with van der Waals surface area (Å²) in [6.07, 6.45) is 1.91. The van der Waals surface area contributed by atoms with Gasteiger partial charge in [0.2, 0.25) is 0 Å². The van der Waals surface area contributed by atoms with E-state index in [4.69, 9.17) is 5.73 Å². The fourth-order valence-corrected chi connectivity index (χ4v) is 0.568. The molecule has 4 heteroatoms. The van der Waals surface area contributed by atoms with Crippen molar-refractivity contribution in [3.8, 4) is 0 Å². The highest BCUT2D eigenvalue weighted by molar-refractivity contribution is 5.83. The lowest BCUT2D eigenvalue weighted by Gasteiger charge is -1.95. The maximum Gasteiger partial charge on any atom is 0.332 e. The molecule has 0 atom stereocenters. The summed E-state index contributed by atoms with van der Waals surface area (Å²) in [5.74, 6) is 0. The standard InChI is InChI=1S/C6H13N3O/c1-3-4-5(2)8-9-6(7)10/h3-4H2,1-2H3,(H3,7,9,10)/b8-5-. The SMILES string of the molecule is CCC/C(C)=N\NC(N)=O. The predicted molar refractivity (Wildman–Crippen MR) is 40.7 cm³/mol. The summed E-state index contributed by atoms with van der Waals surface area (Å²) in [5.41, 5.74) is 7.83. The van der Waals surface area contributed by atoms with Gasteiger partial charge in [-0.15, -0.1) is 0 Å². The van der Waals surface area contributed by atoms with Crippen molar-refractivity contribution in [1.82, 2.24) is 5.43 Å². The minimum absolute atomic E-state index is 0.615. The first-order chi connectivity index (χ1) is 4.66. The van der Waals surface area contributed by atoms with Gasteiger partial charge in [-0.2, -0.15) is 5.10 Å². The largest absolute Gasteiger partial charge is 0.350 e. The fourth-order valence-electron chi connectivity index (χ4n) is 0.568. The molecule has 0 rings (SSSR count). The van der Waals surface area contributed by atoms with E-state index in [-0.39, 0.29) is 0 Å². The first-order valence-electron chi connectivity index (χ1n) is 3.25. The molecule has 4 nitrogen and oxygen atoms in total. The Morgan fingerprint density at radius 2 is 2.30 bits per heavy atom. The van der Waals surface area contributed by atoms with Gasteiger partial charge < -0.3 is 5.73 Å². The molecule has 0 fully saturated rings. The van der Waals surface area contributed by atoms with Crippen LogP contribution in [0.5, 0.6) is 0 Å². The number of urea groups is 1. The van der Waals surface area contributed by atoms with Crippen molar-refractivity contribution < 1.29 is 4.79 Å². The average molecular weight is 143 g/mol. The molecule has 0 aliphatic heterocycles. The summed E-state index contributed by atoms with van der Waals surface area (Å²) < 4.78 is 0. The molecule has 2 amide bonds. The molecule has 0 aliphatic carbocycles. The number of hydrogen-bond donors (Lipinski definition) is 2. The van der Waals surface area contributed by atoms with E-state index in [9.17, 15) is 4.79 Å². The molecule has 0 spiro atoms. The first-order valence-corrected chi connectivity index (χ1v) is 3.25. The summed E-state index contributed by atoms with van der Waals surface area (Å²) in [6, 6.07) is -0.615. The molecule has 0 radical (unpaired) electrons. The normalized spacial score (nSPS) is 11.2. The Morgan fingerprint density at radius 1 is 1.70 bits per heavy atom. The van der Waals surface area contributed by atoms with Crippen LogP contribution in [0.1, 0.15) is 26.7 Å². The Balaban J connectivity index is 3.57. The average Bonchev–Trinajstić information content (AvgIpc) is 1.85. The van der Waals surface area contributed by atoms with Crippen LogP contribution in [0, 0.1) is 0 Å². The van der Waals surface area contributed by atoms with Crippen molar-refractivity contribution in [2.45, 2.75) is 26.7 Å².